The Balaban J connectivity index is 1.55. The van der Waals surface area contributed by atoms with Crippen molar-refractivity contribution in [2.75, 3.05) is 43.9 Å². The number of aliphatic hydroxyl groups excluding tert-OH is 1. The van der Waals surface area contributed by atoms with Crippen LogP contribution >= 0.6 is 0 Å². The summed E-state index contributed by atoms with van der Waals surface area (Å²) in [6.45, 7) is 6.20. The minimum absolute atomic E-state index is 0.0638. The number of carbonyl (C=O) groups excluding carboxylic acids is 2. The Morgan fingerprint density at radius 2 is 1.86 bits per heavy atom. The molecule has 0 saturated heterocycles. The van der Waals surface area contributed by atoms with Gasteiger partial charge in [-0.25, -0.2) is 4.79 Å². The average molecular weight is 495 g/mol. The molecule has 0 unspecified atom stereocenters. The highest BCUT2D eigenvalue weighted by Gasteiger charge is 2.32. The van der Waals surface area contributed by atoms with Crippen molar-refractivity contribution in [1.29, 1.82) is 0 Å². The second-order valence-electron chi connectivity index (χ2n) is 10.3. The largest absolute Gasteiger partial charge is 0.488 e. The third-order valence-electron chi connectivity index (χ3n) is 6.96. The average Bonchev–Trinajstić information content (AvgIpc) is 3.66. The van der Waals surface area contributed by atoms with E-state index in [9.17, 15) is 14.7 Å². The van der Waals surface area contributed by atoms with Gasteiger partial charge in [0.1, 0.15) is 11.9 Å². The lowest BCUT2D eigenvalue weighted by Crippen LogP contribution is -2.47. The van der Waals surface area contributed by atoms with Gasteiger partial charge in [-0.2, -0.15) is 0 Å². The van der Waals surface area contributed by atoms with E-state index in [2.05, 4.69) is 29.5 Å². The van der Waals surface area contributed by atoms with Crippen LogP contribution in [0.2, 0.25) is 0 Å². The fraction of sp³-hybridized carbons (Fsp3) is 0.500. The molecule has 0 radical (unpaired) electrons. The molecule has 1 fully saturated rings. The van der Waals surface area contributed by atoms with Crippen molar-refractivity contribution >= 4 is 23.3 Å². The molecule has 8 heteroatoms. The number of anilines is 2. The predicted octanol–water partition coefficient (Wildman–Crippen LogP) is 3.82. The molecule has 1 aliphatic heterocycles. The number of ether oxygens (including phenoxy) is 1. The summed E-state index contributed by atoms with van der Waals surface area (Å²) in [7, 11) is 2.12. The normalized spacial score (nSPS) is 21.0. The zero-order valence-corrected chi connectivity index (χ0v) is 21.4. The SMILES string of the molecule is C[C@H](CO)N1C[C@H](C)[C@@H](CN(C)CC2CC2)Oc2ccc(NC(=O)Nc3ccccc3)cc2CC1=O. The van der Waals surface area contributed by atoms with Gasteiger partial charge in [-0.15, -0.1) is 0 Å². The third kappa shape index (κ3) is 6.98. The highest BCUT2D eigenvalue weighted by Crippen LogP contribution is 2.31. The highest BCUT2D eigenvalue weighted by molar-refractivity contribution is 5.99. The van der Waals surface area contributed by atoms with Crippen LogP contribution in [0.4, 0.5) is 16.2 Å². The van der Waals surface area contributed by atoms with Crippen molar-refractivity contribution in [3.63, 3.8) is 0 Å². The molecular weight excluding hydrogens is 456 g/mol. The summed E-state index contributed by atoms with van der Waals surface area (Å²) in [5.74, 6) is 1.45. The molecule has 8 nitrogen and oxygen atoms in total. The van der Waals surface area contributed by atoms with Crippen LogP contribution in [0.25, 0.3) is 0 Å². The van der Waals surface area contributed by atoms with Gasteiger partial charge in [0.2, 0.25) is 5.91 Å². The molecule has 194 valence electrons. The van der Waals surface area contributed by atoms with Gasteiger partial charge < -0.3 is 30.3 Å². The monoisotopic (exact) mass is 494 g/mol. The van der Waals surface area contributed by atoms with E-state index in [4.69, 9.17) is 4.74 Å². The van der Waals surface area contributed by atoms with Crippen LogP contribution in [0.5, 0.6) is 5.75 Å². The number of hydrogen-bond acceptors (Lipinski definition) is 5. The fourth-order valence-electron chi connectivity index (χ4n) is 4.66. The second-order valence-corrected chi connectivity index (χ2v) is 10.3. The Bertz CT molecular complexity index is 1040. The molecular formula is C28H38N4O4. The van der Waals surface area contributed by atoms with Gasteiger partial charge in [0.25, 0.3) is 0 Å². The number of aliphatic hydroxyl groups is 1. The summed E-state index contributed by atoms with van der Waals surface area (Å²) < 4.78 is 6.56. The zero-order chi connectivity index (χ0) is 25.7. The Hall–Kier alpha value is -3.10. The maximum Gasteiger partial charge on any atom is 0.323 e. The van der Waals surface area contributed by atoms with E-state index < -0.39 is 0 Å². The number of nitrogens with one attached hydrogen (secondary N) is 2. The van der Waals surface area contributed by atoms with E-state index in [1.165, 1.54) is 12.8 Å². The van der Waals surface area contributed by atoms with Gasteiger partial charge >= 0.3 is 6.03 Å². The number of para-hydroxylation sites is 1. The number of nitrogens with zero attached hydrogens (tertiary/aromatic N) is 2. The summed E-state index contributed by atoms with van der Waals surface area (Å²) in [6.07, 6.45) is 2.59. The van der Waals surface area contributed by atoms with E-state index >= 15 is 0 Å². The maximum atomic E-state index is 13.3. The van der Waals surface area contributed by atoms with Crippen LogP contribution in [0.1, 0.15) is 32.3 Å². The molecule has 3 N–H and O–H groups in total. The first-order valence-electron chi connectivity index (χ1n) is 12.8. The van der Waals surface area contributed by atoms with E-state index in [1.807, 2.05) is 43.3 Å². The number of urea groups is 1. The first-order valence-corrected chi connectivity index (χ1v) is 12.8. The molecule has 1 saturated carbocycles. The molecule has 2 aromatic rings. The summed E-state index contributed by atoms with van der Waals surface area (Å²) in [6, 6.07) is 14.0. The predicted molar refractivity (Wildman–Crippen MR) is 141 cm³/mol. The van der Waals surface area contributed by atoms with E-state index in [0.29, 0.717) is 23.7 Å². The first kappa shape index (κ1) is 26.0. The minimum Gasteiger partial charge on any atom is -0.488 e. The van der Waals surface area contributed by atoms with Crippen molar-refractivity contribution in [1.82, 2.24) is 9.80 Å². The summed E-state index contributed by atoms with van der Waals surface area (Å²) >= 11 is 0. The number of benzene rings is 2. The lowest BCUT2D eigenvalue weighted by atomic mass is 10.0. The Morgan fingerprint density at radius 3 is 2.56 bits per heavy atom. The van der Waals surface area contributed by atoms with Crippen molar-refractivity contribution in [2.24, 2.45) is 11.8 Å². The Kier molecular flexibility index (Phi) is 8.48. The first-order chi connectivity index (χ1) is 17.3. The summed E-state index contributed by atoms with van der Waals surface area (Å²) in [5.41, 5.74) is 1.99. The highest BCUT2D eigenvalue weighted by atomic mass is 16.5. The topological polar surface area (TPSA) is 94.1 Å². The number of rotatable bonds is 8. The van der Waals surface area contributed by atoms with Crippen LogP contribution in [-0.4, -0.2) is 72.3 Å². The molecule has 36 heavy (non-hydrogen) atoms. The number of amides is 3. The summed E-state index contributed by atoms with van der Waals surface area (Å²) in [5, 5.41) is 15.5. The quantitative estimate of drug-likeness (QED) is 0.519. The van der Waals surface area contributed by atoms with Gasteiger partial charge in [0.15, 0.2) is 0 Å². The van der Waals surface area contributed by atoms with Crippen molar-refractivity contribution in [2.45, 2.75) is 45.3 Å². The molecule has 0 bridgehead atoms. The standard InChI is InChI=1S/C28H38N4O4/c1-19-15-32(20(2)18-33)27(34)14-22-13-24(30-28(35)29-23-7-5-4-6-8-23)11-12-25(22)36-26(19)17-31(3)16-21-9-10-21/h4-8,11-13,19-21,26,33H,9-10,14-18H2,1-3H3,(H2,29,30,35)/t19-,20+,26+/m0/s1. The number of hydrogen-bond donors (Lipinski definition) is 3. The van der Waals surface area contributed by atoms with Crippen LogP contribution in [-0.2, 0) is 11.2 Å². The molecule has 3 amide bonds. The lowest BCUT2D eigenvalue weighted by molar-refractivity contribution is -0.134. The molecule has 3 atom stereocenters. The molecule has 4 rings (SSSR count). The molecule has 2 aromatic carbocycles. The maximum absolute atomic E-state index is 13.3. The van der Waals surface area contributed by atoms with E-state index in [1.54, 1.807) is 17.0 Å². The van der Waals surface area contributed by atoms with Gasteiger partial charge in [0.05, 0.1) is 19.1 Å². The smallest absolute Gasteiger partial charge is 0.323 e. The second kappa shape index (κ2) is 11.8. The van der Waals surface area contributed by atoms with Gasteiger partial charge in [0, 0.05) is 42.5 Å². The van der Waals surface area contributed by atoms with Crippen LogP contribution in [0.15, 0.2) is 48.5 Å². The zero-order valence-electron chi connectivity index (χ0n) is 21.4. The van der Waals surface area contributed by atoms with Crippen LogP contribution in [0.3, 0.4) is 0 Å². The van der Waals surface area contributed by atoms with Crippen molar-refractivity contribution < 1.29 is 19.4 Å². The lowest BCUT2D eigenvalue weighted by Gasteiger charge is -2.34. The minimum atomic E-state index is -0.361. The molecule has 1 aliphatic carbocycles. The van der Waals surface area contributed by atoms with Crippen LogP contribution in [0, 0.1) is 11.8 Å². The molecule has 0 aromatic heterocycles. The number of carbonyl (C=O) groups is 2. The van der Waals surface area contributed by atoms with Gasteiger partial charge in [-0.05, 0) is 63.1 Å². The number of likely N-dealkylation sites (N-methyl/N-ethyl adjacent to an activating group) is 1. The summed E-state index contributed by atoms with van der Waals surface area (Å²) in [4.78, 5) is 29.9. The van der Waals surface area contributed by atoms with Crippen molar-refractivity contribution in [3.05, 3.63) is 54.1 Å². The third-order valence-corrected chi connectivity index (χ3v) is 6.96. The van der Waals surface area contributed by atoms with Gasteiger partial charge in [-0.1, -0.05) is 25.1 Å². The molecule has 0 spiro atoms. The van der Waals surface area contributed by atoms with E-state index in [-0.39, 0.29) is 43.0 Å². The molecule has 2 aliphatic rings. The Labute approximate surface area is 213 Å². The molecule has 1 heterocycles. The fourth-order valence-corrected chi connectivity index (χ4v) is 4.66. The number of fused-ring (bicyclic) bond motifs is 1. The Morgan fingerprint density at radius 1 is 1.14 bits per heavy atom. The van der Waals surface area contributed by atoms with Gasteiger partial charge in [-0.3, -0.25) is 4.79 Å². The van der Waals surface area contributed by atoms with Crippen molar-refractivity contribution in [3.8, 4) is 5.75 Å². The van der Waals surface area contributed by atoms with Crippen LogP contribution < -0.4 is 15.4 Å². The van der Waals surface area contributed by atoms with E-state index in [0.717, 1.165) is 24.6 Å².